The molecule has 0 fully saturated rings. The Morgan fingerprint density at radius 3 is 1.97 bits per heavy atom. The molecule has 0 unspecified atom stereocenters. The molecule has 29 heavy (non-hydrogen) atoms. The van der Waals surface area contributed by atoms with E-state index in [1.807, 2.05) is 18.2 Å². The highest BCUT2D eigenvalue weighted by Gasteiger charge is 2.24. The van der Waals surface area contributed by atoms with Gasteiger partial charge in [0.15, 0.2) is 0 Å². The van der Waals surface area contributed by atoms with Crippen LogP contribution in [0.4, 0.5) is 17.3 Å². The summed E-state index contributed by atoms with van der Waals surface area (Å²) >= 11 is 0. The maximum atomic E-state index is 4.44. The fourth-order valence-electron chi connectivity index (χ4n) is 4.28. The second kappa shape index (κ2) is 6.24. The Balaban J connectivity index is 1.67. The molecule has 0 saturated heterocycles. The summed E-state index contributed by atoms with van der Waals surface area (Å²) in [5.74, 6) is 0.599. The molecule has 0 saturated carbocycles. The third-order valence-electron chi connectivity index (χ3n) is 5.46. The van der Waals surface area contributed by atoms with Crippen molar-refractivity contribution in [2.45, 2.75) is 0 Å². The SMILES string of the molecule is c1ccc(N(c2ncncn2)c2ccc3c4c(cccc24)-c2ccccc2-3)cc1. The number of rotatable bonds is 3. The van der Waals surface area contributed by atoms with Crippen molar-refractivity contribution in [3.8, 4) is 22.3 Å². The maximum Gasteiger partial charge on any atom is 0.237 e. The normalized spacial score (nSPS) is 11.4. The molecule has 0 atom stereocenters. The average Bonchev–Trinajstić information content (AvgIpc) is 3.13. The minimum atomic E-state index is 0.599. The molecule has 136 valence electrons. The zero-order chi connectivity index (χ0) is 19.2. The Morgan fingerprint density at radius 1 is 0.552 bits per heavy atom. The Kier molecular flexibility index (Phi) is 3.43. The van der Waals surface area contributed by atoms with E-state index in [-0.39, 0.29) is 0 Å². The molecule has 0 N–H and O–H groups in total. The van der Waals surface area contributed by atoms with E-state index in [0.717, 1.165) is 11.4 Å². The first-order valence-electron chi connectivity index (χ1n) is 9.54. The number of hydrogen-bond acceptors (Lipinski definition) is 4. The van der Waals surface area contributed by atoms with Gasteiger partial charge in [-0.15, -0.1) is 0 Å². The maximum absolute atomic E-state index is 4.44. The molecular formula is C25H16N4. The molecule has 0 radical (unpaired) electrons. The lowest BCUT2D eigenvalue weighted by Crippen LogP contribution is -2.13. The molecule has 4 aromatic carbocycles. The van der Waals surface area contributed by atoms with Gasteiger partial charge in [-0.3, -0.25) is 4.90 Å². The minimum absolute atomic E-state index is 0.599. The molecule has 4 heteroatoms. The standard InChI is InChI=1S/C25H16N4/c1-2-7-17(8-3-1)29(25-27-15-26-16-28-25)23-14-13-21-19-10-5-4-9-18(19)20-11-6-12-22(23)24(20)21/h1-16H. The van der Waals surface area contributed by atoms with Crippen LogP contribution in [0.2, 0.25) is 0 Å². The molecule has 1 heterocycles. The molecule has 6 rings (SSSR count). The summed E-state index contributed by atoms with van der Waals surface area (Å²) in [6.07, 6.45) is 3.07. The van der Waals surface area contributed by atoms with Gasteiger partial charge in [-0.25, -0.2) is 15.0 Å². The fraction of sp³-hybridized carbons (Fsp3) is 0. The molecule has 4 nitrogen and oxygen atoms in total. The minimum Gasteiger partial charge on any atom is -0.278 e. The van der Waals surface area contributed by atoms with Gasteiger partial charge in [0.05, 0.1) is 5.69 Å². The number of anilines is 3. The molecule has 0 aliphatic heterocycles. The molecule has 1 aliphatic carbocycles. The summed E-state index contributed by atoms with van der Waals surface area (Å²) in [6.45, 7) is 0. The van der Waals surface area contributed by atoms with Gasteiger partial charge < -0.3 is 0 Å². The van der Waals surface area contributed by atoms with Crippen LogP contribution in [0.3, 0.4) is 0 Å². The molecule has 1 aliphatic rings. The molecule has 5 aromatic rings. The Hall–Kier alpha value is -4.05. The van der Waals surface area contributed by atoms with E-state index in [1.54, 1.807) is 0 Å². The summed E-state index contributed by atoms with van der Waals surface area (Å²) in [7, 11) is 0. The van der Waals surface area contributed by atoms with Crippen LogP contribution in [0, 0.1) is 0 Å². The van der Waals surface area contributed by atoms with Crippen molar-refractivity contribution in [2.75, 3.05) is 4.90 Å². The second-order valence-corrected chi connectivity index (χ2v) is 7.02. The summed E-state index contributed by atoms with van der Waals surface area (Å²) in [5, 5.41) is 2.46. The van der Waals surface area contributed by atoms with Gasteiger partial charge in [0, 0.05) is 11.1 Å². The number of aromatic nitrogens is 3. The number of fused-ring (bicyclic) bond motifs is 3. The largest absolute Gasteiger partial charge is 0.278 e. The highest BCUT2D eigenvalue weighted by atomic mass is 15.3. The average molecular weight is 372 g/mol. The van der Waals surface area contributed by atoms with E-state index in [1.165, 1.54) is 45.7 Å². The summed E-state index contributed by atoms with van der Waals surface area (Å²) < 4.78 is 0. The van der Waals surface area contributed by atoms with Crippen molar-refractivity contribution >= 4 is 28.1 Å². The van der Waals surface area contributed by atoms with Crippen molar-refractivity contribution in [3.05, 3.63) is 97.6 Å². The number of nitrogens with zero attached hydrogens (tertiary/aromatic N) is 4. The number of para-hydroxylation sites is 1. The van der Waals surface area contributed by atoms with Crippen molar-refractivity contribution in [1.29, 1.82) is 0 Å². The van der Waals surface area contributed by atoms with E-state index in [4.69, 9.17) is 0 Å². The summed E-state index contributed by atoms with van der Waals surface area (Å²) in [4.78, 5) is 15.0. The predicted molar refractivity (Wildman–Crippen MR) is 116 cm³/mol. The van der Waals surface area contributed by atoms with Gasteiger partial charge >= 0.3 is 0 Å². The van der Waals surface area contributed by atoms with Crippen LogP contribution in [0.15, 0.2) is 97.6 Å². The third kappa shape index (κ3) is 2.36. The van der Waals surface area contributed by atoms with E-state index in [9.17, 15) is 0 Å². The van der Waals surface area contributed by atoms with Gasteiger partial charge in [-0.2, -0.15) is 0 Å². The van der Waals surface area contributed by atoms with Crippen molar-refractivity contribution in [2.24, 2.45) is 0 Å². The van der Waals surface area contributed by atoms with Crippen LogP contribution in [-0.2, 0) is 0 Å². The zero-order valence-electron chi connectivity index (χ0n) is 15.5. The van der Waals surface area contributed by atoms with Crippen LogP contribution in [-0.4, -0.2) is 15.0 Å². The van der Waals surface area contributed by atoms with E-state index >= 15 is 0 Å². The third-order valence-corrected chi connectivity index (χ3v) is 5.46. The van der Waals surface area contributed by atoms with Crippen LogP contribution in [0.25, 0.3) is 33.0 Å². The van der Waals surface area contributed by atoms with Crippen LogP contribution >= 0.6 is 0 Å². The topological polar surface area (TPSA) is 41.9 Å². The first-order valence-corrected chi connectivity index (χ1v) is 9.54. The van der Waals surface area contributed by atoms with Crippen LogP contribution in [0.1, 0.15) is 0 Å². The number of hydrogen-bond donors (Lipinski definition) is 0. The van der Waals surface area contributed by atoms with Crippen molar-refractivity contribution < 1.29 is 0 Å². The lowest BCUT2D eigenvalue weighted by molar-refractivity contribution is 1.01. The van der Waals surface area contributed by atoms with E-state index in [2.05, 4.69) is 86.6 Å². The van der Waals surface area contributed by atoms with Gasteiger partial charge in [-0.1, -0.05) is 66.7 Å². The van der Waals surface area contributed by atoms with Gasteiger partial charge in [0.1, 0.15) is 12.7 Å². The quantitative estimate of drug-likeness (QED) is 0.374. The summed E-state index contributed by atoms with van der Waals surface area (Å²) in [5.41, 5.74) is 7.19. The fourth-order valence-corrected chi connectivity index (χ4v) is 4.28. The lowest BCUT2D eigenvalue weighted by Gasteiger charge is -2.24. The summed E-state index contributed by atoms with van der Waals surface area (Å²) in [6, 6.07) is 29.7. The Bertz CT molecular complexity index is 1280. The van der Waals surface area contributed by atoms with Gasteiger partial charge in [0.25, 0.3) is 0 Å². The first-order chi connectivity index (χ1) is 14.4. The Labute approximate surface area is 168 Å². The second-order valence-electron chi connectivity index (χ2n) is 7.02. The van der Waals surface area contributed by atoms with Crippen molar-refractivity contribution in [3.63, 3.8) is 0 Å². The number of benzene rings is 4. The monoisotopic (exact) mass is 372 g/mol. The molecular weight excluding hydrogens is 356 g/mol. The van der Waals surface area contributed by atoms with E-state index in [0.29, 0.717) is 5.95 Å². The highest BCUT2D eigenvalue weighted by Crippen LogP contribution is 2.50. The molecule has 1 aromatic heterocycles. The molecule has 0 bridgehead atoms. The molecule has 0 spiro atoms. The van der Waals surface area contributed by atoms with Gasteiger partial charge in [-0.05, 0) is 45.8 Å². The first kappa shape index (κ1) is 16.0. The predicted octanol–water partition coefficient (Wildman–Crippen LogP) is 6.14. The Morgan fingerprint density at radius 2 is 1.21 bits per heavy atom. The smallest absolute Gasteiger partial charge is 0.237 e. The van der Waals surface area contributed by atoms with Crippen molar-refractivity contribution in [1.82, 2.24) is 15.0 Å². The van der Waals surface area contributed by atoms with E-state index < -0.39 is 0 Å². The van der Waals surface area contributed by atoms with Gasteiger partial charge in [0.2, 0.25) is 5.95 Å². The zero-order valence-corrected chi connectivity index (χ0v) is 15.5. The lowest BCUT2D eigenvalue weighted by atomic mass is 10.0. The highest BCUT2D eigenvalue weighted by molar-refractivity contribution is 6.18. The van der Waals surface area contributed by atoms with Crippen LogP contribution in [0.5, 0.6) is 0 Å². The molecule has 0 amide bonds. The van der Waals surface area contributed by atoms with Crippen LogP contribution < -0.4 is 4.90 Å².